The van der Waals surface area contributed by atoms with Crippen molar-refractivity contribution in [3.8, 4) is 11.3 Å². The Balaban J connectivity index is 1.96. The van der Waals surface area contributed by atoms with Crippen LogP contribution in [0.1, 0.15) is 27.7 Å². The summed E-state index contributed by atoms with van der Waals surface area (Å²) in [6.45, 7) is 17.0. The molecule has 0 N–H and O–H groups in total. The van der Waals surface area contributed by atoms with Crippen molar-refractivity contribution in [2.75, 3.05) is 57.3 Å². The summed E-state index contributed by atoms with van der Waals surface area (Å²) >= 11 is 0. The molecule has 7 nitrogen and oxygen atoms in total. The van der Waals surface area contributed by atoms with Crippen LogP contribution in [0, 0.1) is 0 Å². The van der Waals surface area contributed by atoms with E-state index in [-0.39, 0.29) is 0 Å². The van der Waals surface area contributed by atoms with E-state index < -0.39 is 0 Å². The summed E-state index contributed by atoms with van der Waals surface area (Å²) in [6.07, 6.45) is 1.59. The van der Waals surface area contributed by atoms with Gasteiger partial charge < -0.3 is 14.7 Å². The molecule has 0 spiro atoms. The molecule has 7 heteroatoms. The highest BCUT2D eigenvalue weighted by atomic mass is 15.4. The third-order valence-corrected chi connectivity index (χ3v) is 5.79. The lowest BCUT2D eigenvalue weighted by molar-refractivity contribution is 0.293. The van der Waals surface area contributed by atoms with Crippen LogP contribution in [0.15, 0.2) is 42.7 Å². The lowest BCUT2D eigenvalue weighted by Crippen LogP contribution is -2.40. The lowest BCUT2D eigenvalue weighted by atomic mass is 10.1. The Morgan fingerprint density at radius 2 is 1.40 bits per heavy atom. The van der Waals surface area contributed by atoms with Crippen LogP contribution < -0.4 is 4.90 Å². The minimum atomic E-state index is 0.641. The first-order chi connectivity index (χ1) is 14.7. The van der Waals surface area contributed by atoms with Gasteiger partial charge in [0, 0.05) is 37.8 Å². The van der Waals surface area contributed by atoms with Crippen LogP contribution in [0.25, 0.3) is 17.0 Å². The molecule has 0 amide bonds. The normalized spacial score (nSPS) is 11.7. The fourth-order valence-corrected chi connectivity index (χ4v) is 3.72. The number of hydrogen-bond acceptors (Lipinski definition) is 6. The number of anilines is 1. The molecule has 3 rings (SSSR count). The van der Waals surface area contributed by atoms with E-state index in [2.05, 4.69) is 70.7 Å². The average Bonchev–Trinajstić information content (AvgIpc) is 3.27. The zero-order valence-electron chi connectivity index (χ0n) is 18.8. The molecule has 0 saturated heterocycles. The molecule has 2 heterocycles. The van der Waals surface area contributed by atoms with Gasteiger partial charge in [0.15, 0.2) is 0 Å². The van der Waals surface area contributed by atoms with E-state index >= 15 is 0 Å². The molecule has 0 unspecified atom stereocenters. The average molecular weight is 410 g/mol. The smallest absolute Gasteiger partial charge is 0.254 e. The number of hydrogen-bond donors (Lipinski definition) is 0. The number of aromatic nitrogens is 4. The van der Waals surface area contributed by atoms with Crippen LogP contribution in [-0.2, 0) is 0 Å². The van der Waals surface area contributed by atoms with Gasteiger partial charge in [-0.2, -0.15) is 14.6 Å². The van der Waals surface area contributed by atoms with Gasteiger partial charge in [-0.05, 0) is 26.2 Å². The first-order valence-electron chi connectivity index (χ1n) is 11.2. The molecule has 3 aromatic rings. The highest BCUT2D eigenvalue weighted by Gasteiger charge is 2.17. The molecule has 0 fully saturated rings. The van der Waals surface area contributed by atoms with Crippen molar-refractivity contribution < 1.29 is 0 Å². The third-order valence-electron chi connectivity index (χ3n) is 5.79. The molecule has 0 radical (unpaired) electrons. The summed E-state index contributed by atoms with van der Waals surface area (Å²) in [5.41, 5.74) is 2.03. The van der Waals surface area contributed by atoms with E-state index in [4.69, 9.17) is 4.98 Å². The van der Waals surface area contributed by atoms with Crippen LogP contribution in [0.4, 0.5) is 5.82 Å². The monoisotopic (exact) mass is 409 g/mol. The SMILES string of the molecule is CCN(CC)CCN(CCN(CC)CC)c1cc(-c2ccccc2)nc2ncnn12. The van der Waals surface area contributed by atoms with Crippen molar-refractivity contribution >= 4 is 11.6 Å². The molecule has 30 heavy (non-hydrogen) atoms. The molecule has 0 bridgehead atoms. The van der Waals surface area contributed by atoms with Crippen LogP contribution in [0.2, 0.25) is 0 Å². The van der Waals surface area contributed by atoms with Gasteiger partial charge in [-0.15, -0.1) is 0 Å². The molecule has 0 aliphatic heterocycles. The quantitative estimate of drug-likeness (QED) is 0.458. The number of fused-ring (bicyclic) bond motifs is 1. The van der Waals surface area contributed by atoms with Crippen LogP contribution in [0.5, 0.6) is 0 Å². The second-order valence-electron chi connectivity index (χ2n) is 7.38. The van der Waals surface area contributed by atoms with Gasteiger partial charge >= 0.3 is 0 Å². The van der Waals surface area contributed by atoms with Crippen LogP contribution in [0.3, 0.4) is 0 Å². The first kappa shape index (κ1) is 22.2. The number of likely N-dealkylation sites (N-methyl/N-ethyl adjacent to an activating group) is 2. The second-order valence-corrected chi connectivity index (χ2v) is 7.38. The van der Waals surface area contributed by atoms with Gasteiger partial charge in [0.05, 0.1) is 5.69 Å². The van der Waals surface area contributed by atoms with Crippen molar-refractivity contribution in [3.05, 3.63) is 42.7 Å². The van der Waals surface area contributed by atoms with Gasteiger partial charge in [-0.25, -0.2) is 4.98 Å². The summed E-state index contributed by atoms with van der Waals surface area (Å²) < 4.78 is 1.87. The molecule has 0 saturated carbocycles. The zero-order chi connectivity index (χ0) is 21.3. The van der Waals surface area contributed by atoms with E-state index in [9.17, 15) is 0 Å². The maximum absolute atomic E-state index is 4.75. The van der Waals surface area contributed by atoms with Crippen molar-refractivity contribution in [2.24, 2.45) is 0 Å². The minimum absolute atomic E-state index is 0.641. The highest BCUT2D eigenvalue weighted by Crippen LogP contribution is 2.23. The predicted molar refractivity (Wildman–Crippen MR) is 124 cm³/mol. The van der Waals surface area contributed by atoms with Crippen molar-refractivity contribution in [3.63, 3.8) is 0 Å². The lowest BCUT2D eigenvalue weighted by Gasteiger charge is -2.30. The maximum atomic E-state index is 4.75. The fourth-order valence-electron chi connectivity index (χ4n) is 3.72. The largest absolute Gasteiger partial charge is 0.354 e. The maximum Gasteiger partial charge on any atom is 0.254 e. The van der Waals surface area contributed by atoms with Gasteiger partial charge in [0.1, 0.15) is 12.1 Å². The number of benzene rings is 1. The van der Waals surface area contributed by atoms with E-state index in [0.29, 0.717) is 5.78 Å². The van der Waals surface area contributed by atoms with Gasteiger partial charge in [0.25, 0.3) is 5.78 Å². The molecule has 162 valence electrons. The predicted octanol–water partition coefficient (Wildman–Crippen LogP) is 3.28. The number of rotatable bonds is 12. The summed E-state index contributed by atoms with van der Waals surface area (Å²) in [4.78, 5) is 16.5. The van der Waals surface area contributed by atoms with Crippen molar-refractivity contribution in [1.29, 1.82) is 0 Å². The molecular weight excluding hydrogens is 374 g/mol. The van der Waals surface area contributed by atoms with Crippen molar-refractivity contribution in [2.45, 2.75) is 27.7 Å². The van der Waals surface area contributed by atoms with Crippen molar-refractivity contribution in [1.82, 2.24) is 29.4 Å². The minimum Gasteiger partial charge on any atom is -0.354 e. The Morgan fingerprint density at radius 1 is 0.800 bits per heavy atom. The first-order valence-corrected chi connectivity index (χ1v) is 11.2. The third kappa shape index (κ3) is 5.34. The standard InChI is InChI=1S/C23H35N7/c1-5-27(6-2)14-16-29(17-15-28(7-3)8-4)22-18-21(20-12-10-9-11-13-20)26-23-24-19-25-30(22)23/h9-13,18-19H,5-8,14-17H2,1-4H3. The Kier molecular flexibility index (Phi) is 8.16. The van der Waals surface area contributed by atoms with E-state index in [0.717, 1.165) is 69.4 Å². The number of nitrogens with zero attached hydrogens (tertiary/aromatic N) is 7. The molecule has 1 aromatic carbocycles. The Morgan fingerprint density at radius 3 is 1.97 bits per heavy atom. The summed E-state index contributed by atoms with van der Waals surface area (Å²) in [5, 5.41) is 4.48. The Bertz CT molecular complexity index is 869. The Labute approximate surface area is 180 Å². The topological polar surface area (TPSA) is 52.8 Å². The molecule has 2 aromatic heterocycles. The Hall–Kier alpha value is -2.51. The van der Waals surface area contributed by atoms with Crippen LogP contribution >= 0.6 is 0 Å². The fraction of sp³-hybridized carbons (Fsp3) is 0.522. The van der Waals surface area contributed by atoms with Crippen LogP contribution in [-0.4, -0.2) is 81.7 Å². The van der Waals surface area contributed by atoms with E-state index in [1.807, 2.05) is 22.7 Å². The molecule has 0 aliphatic rings. The van der Waals surface area contributed by atoms with Gasteiger partial charge in [0.2, 0.25) is 0 Å². The van der Waals surface area contributed by atoms with Gasteiger partial charge in [-0.1, -0.05) is 58.0 Å². The van der Waals surface area contributed by atoms with E-state index in [1.54, 1.807) is 6.33 Å². The molecular formula is C23H35N7. The van der Waals surface area contributed by atoms with E-state index in [1.165, 1.54) is 0 Å². The molecule has 0 atom stereocenters. The summed E-state index contributed by atoms with van der Waals surface area (Å²) in [7, 11) is 0. The second kappa shape index (κ2) is 11.0. The summed E-state index contributed by atoms with van der Waals surface area (Å²) in [5.74, 6) is 1.69. The van der Waals surface area contributed by atoms with Gasteiger partial charge in [-0.3, -0.25) is 0 Å². The summed E-state index contributed by atoms with van der Waals surface area (Å²) in [6, 6.07) is 12.5. The highest BCUT2D eigenvalue weighted by molar-refractivity contribution is 5.65. The zero-order valence-corrected chi connectivity index (χ0v) is 18.8. The molecule has 0 aliphatic carbocycles.